The molecule has 3 fully saturated rings. The van der Waals surface area contributed by atoms with Gasteiger partial charge in [0.05, 0.1) is 16.4 Å². The predicted molar refractivity (Wildman–Crippen MR) is 116 cm³/mol. The molecule has 2 aliphatic heterocycles. The molecule has 1 saturated carbocycles. The number of nitrogens with zero attached hydrogens (tertiary/aromatic N) is 3. The van der Waals surface area contributed by atoms with Gasteiger partial charge in [-0.05, 0) is 43.2 Å². The molecule has 0 radical (unpaired) electrons. The number of fused-ring (bicyclic) bond motifs is 3. The van der Waals surface area contributed by atoms with Gasteiger partial charge < -0.3 is 9.88 Å². The number of imide groups is 1. The zero-order valence-electron chi connectivity index (χ0n) is 18.5. The molecule has 1 aliphatic carbocycles. The lowest BCUT2D eigenvalue weighted by Crippen LogP contribution is -2.61. The molecule has 7 heteroatoms. The van der Waals surface area contributed by atoms with Gasteiger partial charge in [0.15, 0.2) is 0 Å². The highest BCUT2D eigenvalue weighted by molar-refractivity contribution is 6.06. The molecule has 31 heavy (non-hydrogen) atoms. The second-order valence-electron chi connectivity index (χ2n) is 10.2. The average molecular weight is 423 g/mol. The Hall–Kier alpha value is -2.70. The Morgan fingerprint density at radius 3 is 2.74 bits per heavy atom. The number of imidazole rings is 1. The third-order valence-corrected chi connectivity index (χ3v) is 8.37. The molecule has 3 heterocycles. The first-order chi connectivity index (χ1) is 14.7. The number of hydrogen-bond acceptors (Lipinski definition) is 4. The normalized spacial score (nSPS) is 30.3. The van der Waals surface area contributed by atoms with Gasteiger partial charge in [0.25, 0.3) is 0 Å². The van der Waals surface area contributed by atoms with Gasteiger partial charge >= 0.3 is 0 Å². The maximum absolute atomic E-state index is 13.3. The summed E-state index contributed by atoms with van der Waals surface area (Å²) >= 11 is 0. The first kappa shape index (κ1) is 20.2. The summed E-state index contributed by atoms with van der Waals surface area (Å²) in [7, 11) is 0. The lowest BCUT2D eigenvalue weighted by molar-refractivity contribution is -0.170. The molecule has 3 atom stereocenters. The zero-order chi connectivity index (χ0) is 22.0. The number of amides is 3. The monoisotopic (exact) mass is 422 g/mol. The van der Waals surface area contributed by atoms with E-state index in [9.17, 15) is 14.4 Å². The summed E-state index contributed by atoms with van der Waals surface area (Å²) < 4.78 is 0. The van der Waals surface area contributed by atoms with Gasteiger partial charge in [0.2, 0.25) is 17.7 Å². The van der Waals surface area contributed by atoms with E-state index < -0.39 is 5.41 Å². The van der Waals surface area contributed by atoms with Crippen LogP contribution in [0.15, 0.2) is 24.3 Å². The van der Waals surface area contributed by atoms with Crippen LogP contribution in [0.5, 0.6) is 0 Å². The maximum atomic E-state index is 13.3. The molecule has 0 spiro atoms. The molecule has 7 nitrogen and oxygen atoms in total. The number of nitrogens with one attached hydrogen (secondary N) is 1. The van der Waals surface area contributed by atoms with E-state index in [1.54, 1.807) is 4.90 Å². The third-order valence-electron chi connectivity index (χ3n) is 8.37. The van der Waals surface area contributed by atoms with Gasteiger partial charge in [0, 0.05) is 24.9 Å². The van der Waals surface area contributed by atoms with E-state index >= 15 is 0 Å². The van der Waals surface area contributed by atoms with Gasteiger partial charge in [-0.15, -0.1) is 0 Å². The summed E-state index contributed by atoms with van der Waals surface area (Å²) in [5.41, 5.74) is 0.983. The van der Waals surface area contributed by atoms with Crippen molar-refractivity contribution in [3.8, 4) is 0 Å². The molecular weight excluding hydrogens is 392 g/mol. The van der Waals surface area contributed by atoms with Crippen molar-refractivity contribution in [2.24, 2.45) is 16.7 Å². The second-order valence-corrected chi connectivity index (χ2v) is 10.2. The van der Waals surface area contributed by atoms with Crippen LogP contribution in [0.25, 0.3) is 11.0 Å². The van der Waals surface area contributed by atoms with Crippen LogP contribution in [0.2, 0.25) is 0 Å². The number of benzene rings is 1. The number of hydrogen-bond donors (Lipinski definition) is 1. The second kappa shape index (κ2) is 6.90. The SMILES string of the molecule is CC1(C)[C@H]2CC[C@]1(C)C(=O)N(CC(=O)N1CCC[C@@H](c3nc4ccccc4[nH]3)C1)C2=O. The lowest BCUT2D eigenvalue weighted by atomic mass is 9.62. The number of aromatic nitrogens is 2. The van der Waals surface area contributed by atoms with Gasteiger partial charge in [-0.2, -0.15) is 0 Å². The maximum Gasteiger partial charge on any atom is 0.242 e. The number of carbonyl (C=O) groups excluding carboxylic acids is 3. The van der Waals surface area contributed by atoms with Gasteiger partial charge in [0.1, 0.15) is 12.4 Å². The molecule has 2 aromatic rings. The molecule has 3 aliphatic rings. The van der Waals surface area contributed by atoms with Crippen molar-refractivity contribution in [1.29, 1.82) is 0 Å². The van der Waals surface area contributed by atoms with Crippen molar-refractivity contribution in [2.75, 3.05) is 19.6 Å². The Labute approximate surface area is 182 Å². The van der Waals surface area contributed by atoms with Crippen LogP contribution in [0, 0.1) is 16.7 Å². The fourth-order valence-electron chi connectivity index (χ4n) is 5.88. The molecule has 1 aromatic heterocycles. The highest BCUT2D eigenvalue weighted by atomic mass is 16.2. The molecule has 1 N–H and O–H groups in total. The fraction of sp³-hybridized carbons (Fsp3) is 0.583. The number of H-pyrrole nitrogens is 1. The molecule has 164 valence electrons. The van der Waals surface area contributed by atoms with E-state index in [0.29, 0.717) is 19.5 Å². The highest BCUT2D eigenvalue weighted by Crippen LogP contribution is 2.60. The van der Waals surface area contributed by atoms with E-state index in [2.05, 4.69) is 4.98 Å². The zero-order valence-corrected chi connectivity index (χ0v) is 18.5. The molecule has 2 saturated heterocycles. The van der Waals surface area contributed by atoms with Gasteiger partial charge in [-0.1, -0.05) is 32.9 Å². The van der Waals surface area contributed by atoms with Crippen molar-refractivity contribution < 1.29 is 14.4 Å². The number of rotatable bonds is 3. The number of likely N-dealkylation sites (tertiary alicyclic amines) is 2. The number of aromatic amines is 1. The minimum absolute atomic E-state index is 0.130. The van der Waals surface area contributed by atoms with E-state index in [1.165, 1.54) is 4.90 Å². The van der Waals surface area contributed by atoms with Crippen LogP contribution >= 0.6 is 0 Å². The molecule has 0 unspecified atom stereocenters. The van der Waals surface area contributed by atoms with Gasteiger partial charge in [-0.3, -0.25) is 19.3 Å². The van der Waals surface area contributed by atoms with Crippen molar-refractivity contribution >= 4 is 28.8 Å². The minimum atomic E-state index is -0.579. The van der Waals surface area contributed by atoms with E-state index in [0.717, 1.165) is 36.1 Å². The van der Waals surface area contributed by atoms with Crippen LogP contribution in [0.3, 0.4) is 0 Å². The first-order valence-electron chi connectivity index (χ1n) is 11.3. The summed E-state index contributed by atoms with van der Waals surface area (Å²) in [4.78, 5) is 50.6. The Balaban J connectivity index is 1.31. The van der Waals surface area contributed by atoms with E-state index in [-0.39, 0.29) is 41.5 Å². The molecule has 5 rings (SSSR count). The number of piperidine rings is 2. The van der Waals surface area contributed by atoms with Crippen LogP contribution in [0.4, 0.5) is 0 Å². The van der Waals surface area contributed by atoms with Crippen LogP contribution in [0.1, 0.15) is 58.2 Å². The van der Waals surface area contributed by atoms with Crippen molar-refractivity contribution in [3.63, 3.8) is 0 Å². The van der Waals surface area contributed by atoms with Gasteiger partial charge in [-0.25, -0.2) is 4.98 Å². The third kappa shape index (κ3) is 2.92. The quantitative estimate of drug-likeness (QED) is 0.770. The standard InChI is InChI=1S/C24H30N4O3/c1-23(2)16-10-11-24(23,3)22(31)28(21(16)30)14-19(29)27-12-6-7-15(13-27)20-25-17-8-4-5-9-18(17)26-20/h4-5,8-9,15-16H,6-7,10-14H2,1-3H3,(H,25,26)/t15-,16+,24-/m1/s1. The van der Waals surface area contributed by atoms with Crippen LogP contribution < -0.4 is 0 Å². The predicted octanol–water partition coefficient (Wildman–Crippen LogP) is 3.08. The molecule has 1 aromatic carbocycles. The summed E-state index contributed by atoms with van der Waals surface area (Å²) in [6.45, 7) is 7.05. The summed E-state index contributed by atoms with van der Waals surface area (Å²) in [6, 6.07) is 7.92. The Morgan fingerprint density at radius 1 is 1.19 bits per heavy atom. The Bertz CT molecular complexity index is 1040. The Morgan fingerprint density at radius 2 is 1.97 bits per heavy atom. The topological polar surface area (TPSA) is 86.4 Å². The van der Waals surface area contributed by atoms with Crippen molar-refractivity contribution in [3.05, 3.63) is 30.1 Å². The number of carbonyl (C=O) groups is 3. The molecule has 2 bridgehead atoms. The highest BCUT2D eigenvalue weighted by Gasteiger charge is 2.64. The minimum Gasteiger partial charge on any atom is -0.342 e. The van der Waals surface area contributed by atoms with Crippen LogP contribution in [-0.4, -0.2) is 57.1 Å². The van der Waals surface area contributed by atoms with E-state index in [1.807, 2.05) is 45.0 Å². The Kier molecular flexibility index (Phi) is 4.50. The molecular formula is C24H30N4O3. The summed E-state index contributed by atoms with van der Waals surface area (Å²) in [5, 5.41) is 0. The summed E-state index contributed by atoms with van der Waals surface area (Å²) in [6.07, 6.45) is 3.26. The largest absolute Gasteiger partial charge is 0.342 e. The first-order valence-corrected chi connectivity index (χ1v) is 11.3. The van der Waals surface area contributed by atoms with E-state index in [4.69, 9.17) is 4.98 Å². The van der Waals surface area contributed by atoms with Crippen LogP contribution in [-0.2, 0) is 14.4 Å². The number of para-hydroxylation sites is 2. The average Bonchev–Trinajstić information content (AvgIpc) is 3.27. The summed E-state index contributed by atoms with van der Waals surface area (Å²) in [5.74, 6) is 0.333. The van der Waals surface area contributed by atoms with Crippen molar-refractivity contribution in [1.82, 2.24) is 19.8 Å². The lowest BCUT2D eigenvalue weighted by Gasteiger charge is -2.47. The smallest absolute Gasteiger partial charge is 0.242 e. The van der Waals surface area contributed by atoms with Crippen molar-refractivity contribution in [2.45, 2.75) is 52.4 Å². The fourth-order valence-corrected chi connectivity index (χ4v) is 5.88. The molecule has 3 amide bonds.